The zero-order valence-electron chi connectivity index (χ0n) is 24.6. The maximum atomic E-state index is 4.33. The van der Waals surface area contributed by atoms with Gasteiger partial charge in [-0.1, -0.05) is 138 Å². The lowest BCUT2D eigenvalue weighted by atomic mass is 9.24. The van der Waals surface area contributed by atoms with Gasteiger partial charge in [0.1, 0.15) is 0 Å². The van der Waals surface area contributed by atoms with E-state index in [1.165, 1.54) is 33.4 Å². The highest BCUT2D eigenvalue weighted by Gasteiger charge is 2.84. The molecule has 6 rings (SSSR count). The predicted molar refractivity (Wildman–Crippen MR) is 158 cm³/mol. The molecule has 0 aliphatic heterocycles. The van der Waals surface area contributed by atoms with Crippen molar-refractivity contribution in [1.29, 1.82) is 0 Å². The molecule has 6 aliphatic rings. The second-order valence-electron chi connectivity index (χ2n) is 14.0. The molecule has 192 valence electrons. The monoisotopic (exact) mass is 488 g/mol. The summed E-state index contributed by atoms with van der Waals surface area (Å²) < 4.78 is 0. The Bertz CT molecular complexity index is 1390. The molecule has 0 aromatic heterocycles. The summed E-state index contributed by atoms with van der Waals surface area (Å²) in [6.07, 6.45) is 34.1. The highest BCUT2D eigenvalue weighted by Crippen LogP contribution is 2.89. The average molecular weight is 489 g/mol. The molecule has 0 nitrogen and oxygen atoms in total. The van der Waals surface area contributed by atoms with E-state index in [0.29, 0.717) is 0 Å². The summed E-state index contributed by atoms with van der Waals surface area (Å²) in [5.74, 6) is 0. The van der Waals surface area contributed by atoms with Crippen molar-refractivity contribution >= 4 is 0 Å². The van der Waals surface area contributed by atoms with Crippen molar-refractivity contribution in [3.63, 3.8) is 0 Å². The Morgan fingerprint density at radius 3 is 1.81 bits per heavy atom. The van der Waals surface area contributed by atoms with E-state index in [0.717, 1.165) is 6.42 Å². The van der Waals surface area contributed by atoms with E-state index in [4.69, 9.17) is 0 Å². The van der Waals surface area contributed by atoms with Crippen LogP contribution in [0, 0.1) is 44.3 Å². The summed E-state index contributed by atoms with van der Waals surface area (Å²) in [6, 6.07) is 0. The van der Waals surface area contributed by atoms with Gasteiger partial charge in [0.15, 0.2) is 0 Å². The number of fused-ring (bicyclic) bond motifs is 8. The van der Waals surface area contributed by atoms with Crippen LogP contribution in [-0.2, 0) is 0 Å². The second kappa shape index (κ2) is 6.99. The molecule has 0 aromatic rings. The summed E-state index contributed by atoms with van der Waals surface area (Å²) in [7, 11) is 0. The van der Waals surface area contributed by atoms with E-state index in [2.05, 4.69) is 149 Å². The smallest absolute Gasteiger partial charge is 0.0210 e. The maximum absolute atomic E-state index is 4.33. The minimum absolute atomic E-state index is 0.0753. The SMILES string of the molecule is CC(C)=C1C=C2[C]C3(C)C4(C)C=CC=CC4(C)C4(C)C=CC=CC4(C)C3(C)C2(C)C(C)=C1C1=CC=CC1. The first kappa shape index (κ1) is 25.0. The van der Waals surface area contributed by atoms with Crippen LogP contribution in [0.25, 0.3) is 0 Å². The molecule has 0 N–H and O–H groups in total. The van der Waals surface area contributed by atoms with Gasteiger partial charge >= 0.3 is 0 Å². The Morgan fingerprint density at radius 1 is 0.730 bits per heavy atom. The first-order valence-corrected chi connectivity index (χ1v) is 14.2. The molecule has 0 aromatic carbocycles. The zero-order valence-corrected chi connectivity index (χ0v) is 24.6. The van der Waals surface area contributed by atoms with Crippen molar-refractivity contribution in [1.82, 2.24) is 0 Å². The van der Waals surface area contributed by atoms with E-state index < -0.39 is 0 Å². The van der Waals surface area contributed by atoms with Crippen LogP contribution in [0.2, 0.25) is 0 Å². The summed E-state index contributed by atoms with van der Waals surface area (Å²) in [5, 5.41) is 0. The first-order chi connectivity index (χ1) is 17.2. The molecule has 37 heavy (non-hydrogen) atoms. The standard InChI is InChI=1S/C37H44/c1-25(2)29-23-28-24-35(8)33(6)21-14-13-19-31(33,4)32(5)20-15-16-22-34(32,7)37(35,10)36(28,9)26(3)30(29)27-17-11-12-18-27/h11-17,19-23H,18H2,1-10H3. The third kappa shape index (κ3) is 2.24. The van der Waals surface area contributed by atoms with Gasteiger partial charge in [0.2, 0.25) is 0 Å². The van der Waals surface area contributed by atoms with Crippen LogP contribution in [-0.4, -0.2) is 0 Å². The Labute approximate surface area is 226 Å². The first-order valence-electron chi connectivity index (χ1n) is 14.2. The largest absolute Gasteiger partial charge is 0.0801 e. The molecule has 2 fully saturated rings. The molecule has 2 saturated carbocycles. The molecule has 0 spiro atoms. The molecule has 0 bridgehead atoms. The van der Waals surface area contributed by atoms with Crippen LogP contribution in [0.5, 0.6) is 0 Å². The van der Waals surface area contributed by atoms with Crippen molar-refractivity contribution in [2.75, 3.05) is 0 Å². The van der Waals surface area contributed by atoms with Gasteiger partial charge in [-0.25, -0.2) is 0 Å². The van der Waals surface area contributed by atoms with E-state index in [9.17, 15) is 0 Å². The Kier molecular flexibility index (Phi) is 4.72. The third-order valence-corrected chi connectivity index (χ3v) is 13.5. The van der Waals surface area contributed by atoms with Crippen molar-refractivity contribution < 1.29 is 0 Å². The highest BCUT2D eigenvalue weighted by atomic mass is 14.9. The second-order valence-corrected chi connectivity index (χ2v) is 14.0. The number of hydrogen-bond acceptors (Lipinski definition) is 0. The minimum Gasteiger partial charge on any atom is -0.0801 e. The highest BCUT2D eigenvalue weighted by molar-refractivity contribution is 5.69. The fourth-order valence-corrected chi connectivity index (χ4v) is 10.3. The molecule has 0 amide bonds. The van der Waals surface area contributed by atoms with Crippen molar-refractivity contribution in [3.8, 4) is 0 Å². The average Bonchev–Trinajstić information content (AvgIpc) is 3.44. The summed E-state index contributed by atoms with van der Waals surface area (Å²) in [4.78, 5) is 0. The van der Waals surface area contributed by atoms with Crippen LogP contribution < -0.4 is 0 Å². The van der Waals surface area contributed by atoms with Crippen LogP contribution in [0.3, 0.4) is 0 Å². The Morgan fingerprint density at radius 2 is 1.27 bits per heavy atom. The molecular formula is C37H44. The summed E-state index contributed by atoms with van der Waals surface area (Å²) in [6.45, 7) is 24.9. The molecule has 0 heterocycles. The van der Waals surface area contributed by atoms with Crippen molar-refractivity contribution in [2.24, 2.45) is 37.9 Å². The van der Waals surface area contributed by atoms with E-state index in [-0.39, 0.29) is 37.9 Å². The molecule has 0 saturated heterocycles. The Balaban J connectivity index is 1.76. The summed E-state index contributed by atoms with van der Waals surface area (Å²) in [5.41, 5.74) is 7.75. The van der Waals surface area contributed by atoms with E-state index in [1.807, 2.05) is 0 Å². The van der Waals surface area contributed by atoms with Gasteiger partial charge in [-0.3, -0.25) is 0 Å². The van der Waals surface area contributed by atoms with Gasteiger partial charge in [-0.15, -0.1) is 0 Å². The van der Waals surface area contributed by atoms with Gasteiger partial charge < -0.3 is 0 Å². The maximum Gasteiger partial charge on any atom is 0.0210 e. The minimum atomic E-state index is -0.202. The van der Waals surface area contributed by atoms with Gasteiger partial charge in [-0.05, 0) is 54.7 Å². The lowest BCUT2D eigenvalue weighted by molar-refractivity contribution is -0.253. The van der Waals surface area contributed by atoms with Crippen LogP contribution in [0.1, 0.15) is 75.7 Å². The van der Waals surface area contributed by atoms with E-state index >= 15 is 0 Å². The lowest BCUT2D eigenvalue weighted by Gasteiger charge is -2.79. The van der Waals surface area contributed by atoms with Crippen molar-refractivity contribution in [2.45, 2.75) is 75.7 Å². The van der Waals surface area contributed by atoms with Crippen LogP contribution in [0.4, 0.5) is 0 Å². The van der Waals surface area contributed by atoms with E-state index in [1.54, 1.807) is 0 Å². The van der Waals surface area contributed by atoms with Gasteiger partial charge in [-0.2, -0.15) is 0 Å². The quantitative estimate of drug-likeness (QED) is 0.344. The molecule has 2 radical (unpaired) electrons. The fraction of sp³-hybridized carbons (Fsp3) is 0.486. The third-order valence-electron chi connectivity index (χ3n) is 13.5. The predicted octanol–water partition coefficient (Wildman–Crippen LogP) is 9.87. The van der Waals surface area contributed by atoms with Gasteiger partial charge in [0, 0.05) is 33.5 Å². The summed E-state index contributed by atoms with van der Waals surface area (Å²) >= 11 is 0. The number of allylic oxidation sites excluding steroid dienone is 18. The van der Waals surface area contributed by atoms with Crippen LogP contribution >= 0.6 is 0 Å². The topological polar surface area (TPSA) is 0 Å². The van der Waals surface area contributed by atoms with Crippen LogP contribution in [0.15, 0.2) is 106 Å². The molecule has 7 atom stereocenters. The fourth-order valence-electron chi connectivity index (χ4n) is 10.3. The Hall–Kier alpha value is -2.34. The molecule has 6 aliphatic carbocycles. The lowest BCUT2D eigenvalue weighted by Crippen LogP contribution is -2.75. The number of hydrogen-bond donors (Lipinski definition) is 0. The zero-order chi connectivity index (χ0) is 26.9. The number of rotatable bonds is 1. The van der Waals surface area contributed by atoms with Gasteiger partial charge in [0.05, 0.1) is 0 Å². The normalized spacial score (nSPS) is 49.0. The molecule has 0 heteroatoms. The van der Waals surface area contributed by atoms with Gasteiger partial charge in [0.25, 0.3) is 0 Å². The molecule has 7 unspecified atom stereocenters. The van der Waals surface area contributed by atoms with Crippen molar-refractivity contribution in [3.05, 3.63) is 113 Å². The molecular weight excluding hydrogens is 444 g/mol.